The number of carbonyl (C=O) groups is 2. The van der Waals surface area contributed by atoms with Gasteiger partial charge in [0.15, 0.2) is 0 Å². The van der Waals surface area contributed by atoms with Gasteiger partial charge in [-0.2, -0.15) is 0 Å². The number of hydrogen-bond acceptors (Lipinski definition) is 4. The van der Waals surface area contributed by atoms with Gasteiger partial charge in [-0.3, -0.25) is 19.5 Å². The average Bonchev–Trinajstić information content (AvgIpc) is 2.74. The molecular formula is C26H33FN4O2. The van der Waals surface area contributed by atoms with E-state index in [2.05, 4.69) is 22.1 Å². The van der Waals surface area contributed by atoms with E-state index in [1.807, 2.05) is 18.7 Å². The predicted molar refractivity (Wildman–Crippen MR) is 126 cm³/mol. The van der Waals surface area contributed by atoms with E-state index < -0.39 is 0 Å². The maximum Gasteiger partial charge on any atom is 0.257 e. The Morgan fingerprint density at radius 3 is 2.61 bits per heavy atom. The van der Waals surface area contributed by atoms with Crippen molar-refractivity contribution in [3.05, 3.63) is 58.7 Å². The molecule has 2 aliphatic rings. The third-order valence-corrected chi connectivity index (χ3v) is 7.02. The maximum atomic E-state index is 14.4. The number of nitrogens with one attached hydrogen (secondary N) is 1. The summed E-state index contributed by atoms with van der Waals surface area (Å²) >= 11 is 0. The average molecular weight is 453 g/mol. The van der Waals surface area contributed by atoms with Crippen LogP contribution in [0.4, 0.5) is 10.1 Å². The van der Waals surface area contributed by atoms with Gasteiger partial charge in [0.2, 0.25) is 5.91 Å². The van der Waals surface area contributed by atoms with E-state index in [0.717, 1.165) is 29.9 Å². The quantitative estimate of drug-likeness (QED) is 0.709. The first-order chi connectivity index (χ1) is 15.8. The summed E-state index contributed by atoms with van der Waals surface area (Å²) in [5.74, 6) is 0.149. The fraction of sp³-hybridized carbons (Fsp3) is 0.500. The first-order valence-electron chi connectivity index (χ1n) is 11.8. The standard InChI is InChI=1S/C26H33FN4O2/c1-17-7-8-21(14-28-17)26(33)29-24-13-23(27)12-22(19(24)3)16-30-9-10-31(18(2)15-30)25(32)11-20-5-4-6-20/h7-8,12-14,18,20H,4-6,9-11,15-16H2,1-3H3,(H,29,33)/t18-/m0/s1. The monoisotopic (exact) mass is 452 g/mol. The predicted octanol–water partition coefficient (Wildman–Crippen LogP) is 4.31. The Morgan fingerprint density at radius 1 is 1.18 bits per heavy atom. The highest BCUT2D eigenvalue weighted by Crippen LogP contribution is 2.30. The van der Waals surface area contributed by atoms with Crippen LogP contribution in [0.5, 0.6) is 0 Å². The normalized spacial score (nSPS) is 19.3. The lowest BCUT2D eigenvalue weighted by atomic mass is 9.82. The molecule has 1 saturated carbocycles. The maximum absolute atomic E-state index is 14.4. The zero-order chi connectivity index (χ0) is 23.5. The van der Waals surface area contributed by atoms with Gasteiger partial charge in [0.1, 0.15) is 5.82 Å². The topological polar surface area (TPSA) is 65.5 Å². The third-order valence-electron chi connectivity index (χ3n) is 7.02. The lowest BCUT2D eigenvalue weighted by molar-refractivity contribution is -0.137. The molecule has 0 bridgehead atoms. The molecule has 2 fully saturated rings. The molecule has 0 spiro atoms. The highest BCUT2D eigenvalue weighted by molar-refractivity contribution is 6.04. The molecule has 2 aromatic rings. The first kappa shape index (κ1) is 23.4. The molecule has 2 heterocycles. The van der Waals surface area contributed by atoms with Crippen LogP contribution in [0, 0.1) is 25.6 Å². The number of rotatable bonds is 6. The summed E-state index contributed by atoms with van der Waals surface area (Å²) in [5, 5.41) is 2.83. The number of piperazine rings is 1. The van der Waals surface area contributed by atoms with E-state index in [1.54, 1.807) is 12.1 Å². The first-order valence-corrected chi connectivity index (χ1v) is 11.8. The zero-order valence-electron chi connectivity index (χ0n) is 19.7. The van der Waals surface area contributed by atoms with Crippen LogP contribution in [-0.2, 0) is 11.3 Å². The minimum absolute atomic E-state index is 0.133. The Labute approximate surface area is 195 Å². The highest BCUT2D eigenvalue weighted by atomic mass is 19.1. The zero-order valence-corrected chi connectivity index (χ0v) is 19.7. The van der Waals surface area contributed by atoms with Gasteiger partial charge in [-0.25, -0.2) is 4.39 Å². The molecule has 1 aliphatic heterocycles. The van der Waals surface area contributed by atoms with Gasteiger partial charge < -0.3 is 10.2 Å². The number of anilines is 1. The summed E-state index contributed by atoms with van der Waals surface area (Å²) < 4.78 is 14.4. The minimum atomic E-state index is -0.379. The van der Waals surface area contributed by atoms with Crippen LogP contribution in [-0.4, -0.2) is 52.3 Å². The van der Waals surface area contributed by atoms with Gasteiger partial charge in [-0.15, -0.1) is 0 Å². The van der Waals surface area contributed by atoms with Crippen molar-refractivity contribution < 1.29 is 14.0 Å². The lowest BCUT2D eigenvalue weighted by Gasteiger charge is -2.41. The van der Waals surface area contributed by atoms with Crippen molar-refractivity contribution in [2.75, 3.05) is 25.0 Å². The van der Waals surface area contributed by atoms with Crippen LogP contribution in [0.3, 0.4) is 0 Å². The number of amides is 2. The van der Waals surface area contributed by atoms with Gasteiger partial charge in [-0.1, -0.05) is 6.42 Å². The second-order valence-corrected chi connectivity index (χ2v) is 9.55. The van der Waals surface area contributed by atoms with Gasteiger partial charge in [-0.05, 0) is 74.9 Å². The molecule has 1 aromatic carbocycles. The van der Waals surface area contributed by atoms with E-state index in [0.29, 0.717) is 36.7 Å². The Morgan fingerprint density at radius 2 is 1.97 bits per heavy atom. The Bertz CT molecular complexity index is 1020. The summed E-state index contributed by atoms with van der Waals surface area (Å²) in [4.78, 5) is 33.7. The number of halogens is 1. The Hall–Kier alpha value is -2.80. The van der Waals surface area contributed by atoms with E-state index in [1.165, 1.54) is 37.6 Å². The summed E-state index contributed by atoms with van der Waals surface area (Å²) in [6.07, 6.45) is 5.80. The molecule has 6 nitrogen and oxygen atoms in total. The lowest BCUT2D eigenvalue weighted by Crippen LogP contribution is -2.54. The third kappa shape index (κ3) is 5.58. The Balaban J connectivity index is 1.40. The fourth-order valence-corrected chi connectivity index (χ4v) is 4.68. The van der Waals surface area contributed by atoms with Crippen molar-refractivity contribution in [2.45, 2.75) is 59.0 Å². The number of nitrogens with zero attached hydrogens (tertiary/aromatic N) is 3. The van der Waals surface area contributed by atoms with Crippen LogP contribution in [0.2, 0.25) is 0 Å². The van der Waals surface area contributed by atoms with Crippen molar-refractivity contribution >= 4 is 17.5 Å². The minimum Gasteiger partial charge on any atom is -0.337 e. The van der Waals surface area contributed by atoms with Crippen molar-refractivity contribution in [3.63, 3.8) is 0 Å². The van der Waals surface area contributed by atoms with Crippen LogP contribution in [0.1, 0.15) is 59.8 Å². The molecule has 1 atom stereocenters. The molecule has 4 rings (SSSR count). The van der Waals surface area contributed by atoms with Gasteiger partial charge in [0, 0.05) is 56.2 Å². The van der Waals surface area contributed by atoms with E-state index in [-0.39, 0.29) is 23.7 Å². The Kier molecular flexibility index (Phi) is 7.08. The van der Waals surface area contributed by atoms with Crippen LogP contribution in [0.15, 0.2) is 30.5 Å². The SMILES string of the molecule is Cc1ccc(C(=O)Nc2cc(F)cc(CN3CCN(C(=O)CC4CCC4)[C@@H](C)C3)c2C)cn1. The highest BCUT2D eigenvalue weighted by Gasteiger charge is 2.30. The molecule has 33 heavy (non-hydrogen) atoms. The molecule has 0 unspecified atom stereocenters. The fourth-order valence-electron chi connectivity index (χ4n) is 4.68. The van der Waals surface area contributed by atoms with E-state index >= 15 is 0 Å². The second-order valence-electron chi connectivity index (χ2n) is 9.55. The number of aromatic nitrogens is 1. The molecule has 1 N–H and O–H groups in total. The van der Waals surface area contributed by atoms with E-state index in [9.17, 15) is 14.0 Å². The van der Waals surface area contributed by atoms with Crippen molar-refractivity contribution in [3.8, 4) is 0 Å². The van der Waals surface area contributed by atoms with Gasteiger partial charge >= 0.3 is 0 Å². The molecule has 1 aliphatic carbocycles. The molecule has 7 heteroatoms. The van der Waals surface area contributed by atoms with Gasteiger partial charge in [0.25, 0.3) is 5.91 Å². The number of benzene rings is 1. The van der Waals surface area contributed by atoms with Crippen molar-refractivity contribution in [2.24, 2.45) is 5.92 Å². The largest absolute Gasteiger partial charge is 0.337 e. The molecule has 0 radical (unpaired) electrons. The molecular weight excluding hydrogens is 419 g/mol. The van der Waals surface area contributed by atoms with Crippen LogP contribution < -0.4 is 5.32 Å². The smallest absolute Gasteiger partial charge is 0.257 e. The second kappa shape index (κ2) is 10.00. The number of aryl methyl sites for hydroxylation is 1. The van der Waals surface area contributed by atoms with Crippen molar-refractivity contribution in [1.29, 1.82) is 0 Å². The van der Waals surface area contributed by atoms with E-state index in [4.69, 9.17) is 0 Å². The molecule has 2 amide bonds. The number of carbonyl (C=O) groups excluding carboxylic acids is 2. The summed E-state index contributed by atoms with van der Waals surface area (Å²) in [7, 11) is 0. The molecule has 1 saturated heterocycles. The summed E-state index contributed by atoms with van der Waals surface area (Å²) in [6.45, 7) is 8.63. The van der Waals surface area contributed by atoms with Crippen molar-refractivity contribution in [1.82, 2.24) is 14.8 Å². The molecule has 176 valence electrons. The van der Waals surface area contributed by atoms with Gasteiger partial charge in [0.05, 0.1) is 5.56 Å². The van der Waals surface area contributed by atoms with Crippen LogP contribution in [0.25, 0.3) is 0 Å². The summed E-state index contributed by atoms with van der Waals surface area (Å²) in [5.41, 5.74) is 3.42. The number of hydrogen-bond donors (Lipinski definition) is 1. The molecule has 1 aromatic heterocycles. The summed E-state index contributed by atoms with van der Waals surface area (Å²) in [6, 6.07) is 6.51. The number of pyridine rings is 1. The van der Waals surface area contributed by atoms with Crippen LogP contribution >= 0.6 is 0 Å².